The molecule has 0 saturated heterocycles. The second-order valence-electron chi connectivity index (χ2n) is 2.89. The molecule has 2 unspecified atom stereocenters. The number of rotatable bonds is 1. The predicted molar refractivity (Wildman–Crippen MR) is 51.2 cm³/mol. The topological polar surface area (TPSA) is 36.1 Å². The Bertz CT molecular complexity index is 399. The molecule has 1 aliphatic rings. The van der Waals surface area contributed by atoms with E-state index in [-0.39, 0.29) is 0 Å². The van der Waals surface area contributed by atoms with Crippen molar-refractivity contribution in [2.24, 2.45) is 10.4 Å². The van der Waals surface area contributed by atoms with E-state index < -0.39 is 17.6 Å². The summed E-state index contributed by atoms with van der Waals surface area (Å²) in [5.74, 6) is 0. The largest absolute Gasteiger partial charge is 0.413 e. The van der Waals surface area contributed by atoms with Crippen LogP contribution in [0.5, 0.6) is 0 Å². The summed E-state index contributed by atoms with van der Waals surface area (Å²) in [5.41, 5.74) is -2.63. The Morgan fingerprint density at radius 2 is 2.07 bits per heavy atom. The molecule has 15 heavy (non-hydrogen) atoms. The van der Waals surface area contributed by atoms with Gasteiger partial charge in [0.1, 0.15) is 6.04 Å². The SMILES string of the molecule is N#CC1(C(F)(F)F)C=CC=CC1N=C=S. The summed E-state index contributed by atoms with van der Waals surface area (Å²) < 4.78 is 38.2. The lowest BCUT2D eigenvalue weighted by Gasteiger charge is -2.30. The van der Waals surface area contributed by atoms with Gasteiger partial charge in [-0.05, 0) is 12.2 Å². The fraction of sp³-hybridized carbons (Fsp3) is 0.333. The molecule has 1 aliphatic carbocycles. The molecular weight excluding hydrogens is 225 g/mol. The molecule has 0 aromatic carbocycles. The maximum absolute atomic E-state index is 12.7. The van der Waals surface area contributed by atoms with Crippen molar-refractivity contribution in [3.05, 3.63) is 24.3 Å². The minimum absolute atomic E-state index is 0.786. The molecule has 0 fully saturated rings. The molecule has 0 aromatic rings. The zero-order valence-electron chi connectivity index (χ0n) is 7.32. The minimum Gasteiger partial charge on any atom is -0.223 e. The number of isothiocyanates is 1. The Balaban J connectivity index is 3.29. The summed E-state index contributed by atoms with van der Waals surface area (Å²) in [4.78, 5) is 3.36. The summed E-state index contributed by atoms with van der Waals surface area (Å²) >= 11 is 4.25. The minimum atomic E-state index is -4.69. The highest BCUT2D eigenvalue weighted by Gasteiger charge is 2.59. The lowest BCUT2D eigenvalue weighted by molar-refractivity contribution is -0.189. The highest BCUT2D eigenvalue weighted by Crippen LogP contribution is 2.45. The number of aliphatic imine (C=N–C) groups is 1. The monoisotopic (exact) mass is 230 g/mol. The zero-order valence-corrected chi connectivity index (χ0v) is 8.14. The number of thiocarbonyl (C=S) groups is 1. The highest BCUT2D eigenvalue weighted by molar-refractivity contribution is 7.78. The molecule has 0 aliphatic heterocycles. The van der Waals surface area contributed by atoms with E-state index in [9.17, 15) is 13.2 Å². The van der Waals surface area contributed by atoms with E-state index in [0.29, 0.717) is 0 Å². The second kappa shape index (κ2) is 3.97. The summed E-state index contributed by atoms with van der Waals surface area (Å²) in [6.07, 6.45) is -0.165. The van der Waals surface area contributed by atoms with Crippen molar-refractivity contribution in [2.75, 3.05) is 0 Å². The lowest BCUT2D eigenvalue weighted by Crippen LogP contribution is -2.44. The first kappa shape index (κ1) is 11.6. The van der Waals surface area contributed by atoms with E-state index in [2.05, 4.69) is 17.2 Å². The molecule has 78 valence electrons. The normalized spacial score (nSPS) is 29.3. The van der Waals surface area contributed by atoms with Gasteiger partial charge in [0.15, 0.2) is 5.41 Å². The third-order valence-electron chi connectivity index (χ3n) is 2.08. The van der Waals surface area contributed by atoms with Gasteiger partial charge in [-0.15, -0.1) is 0 Å². The van der Waals surface area contributed by atoms with Crippen molar-refractivity contribution in [1.29, 1.82) is 5.26 Å². The van der Waals surface area contributed by atoms with Crippen molar-refractivity contribution in [1.82, 2.24) is 0 Å². The van der Waals surface area contributed by atoms with Gasteiger partial charge in [0.25, 0.3) is 0 Å². The standard InChI is InChI=1S/C9H5F3N2S/c10-9(11,12)8(5-13)4-2-1-3-7(8)14-6-15/h1-4,7H. The maximum Gasteiger partial charge on any atom is 0.413 e. The van der Waals surface area contributed by atoms with Crippen LogP contribution in [-0.4, -0.2) is 17.4 Å². The number of hydrogen-bond acceptors (Lipinski definition) is 3. The fourth-order valence-electron chi connectivity index (χ4n) is 1.26. The van der Waals surface area contributed by atoms with Crippen LogP contribution in [0.2, 0.25) is 0 Å². The number of alkyl halides is 3. The molecule has 2 atom stereocenters. The second-order valence-corrected chi connectivity index (χ2v) is 3.07. The van der Waals surface area contributed by atoms with Crippen LogP contribution in [-0.2, 0) is 0 Å². The smallest absolute Gasteiger partial charge is 0.223 e. The Morgan fingerprint density at radius 3 is 2.53 bits per heavy atom. The van der Waals surface area contributed by atoms with Crippen LogP contribution in [0.1, 0.15) is 0 Å². The van der Waals surface area contributed by atoms with Gasteiger partial charge in [-0.3, -0.25) is 0 Å². The van der Waals surface area contributed by atoms with E-state index in [4.69, 9.17) is 5.26 Å². The van der Waals surface area contributed by atoms with Crippen LogP contribution in [0.25, 0.3) is 0 Å². The molecular formula is C9H5F3N2S. The van der Waals surface area contributed by atoms with Gasteiger partial charge in [-0.1, -0.05) is 24.3 Å². The van der Waals surface area contributed by atoms with Crippen molar-refractivity contribution in [3.63, 3.8) is 0 Å². The Labute approximate surface area is 89.4 Å². The summed E-state index contributed by atoms with van der Waals surface area (Å²) in [5, 5.41) is 10.6. The Morgan fingerprint density at radius 1 is 1.40 bits per heavy atom. The molecule has 0 N–H and O–H groups in total. The molecule has 0 heterocycles. The fourth-order valence-corrected chi connectivity index (χ4v) is 1.37. The van der Waals surface area contributed by atoms with E-state index in [1.54, 1.807) is 0 Å². The third kappa shape index (κ3) is 1.84. The van der Waals surface area contributed by atoms with Crippen LogP contribution >= 0.6 is 12.2 Å². The van der Waals surface area contributed by atoms with E-state index in [0.717, 1.165) is 6.08 Å². The van der Waals surface area contributed by atoms with E-state index in [1.807, 2.05) is 5.16 Å². The molecule has 0 spiro atoms. The molecule has 0 radical (unpaired) electrons. The summed E-state index contributed by atoms with van der Waals surface area (Å²) in [7, 11) is 0. The average Bonchev–Trinajstić information content (AvgIpc) is 2.17. The van der Waals surface area contributed by atoms with E-state index >= 15 is 0 Å². The average molecular weight is 230 g/mol. The van der Waals surface area contributed by atoms with Crippen LogP contribution in [0.4, 0.5) is 13.2 Å². The number of nitrogens with zero attached hydrogens (tertiary/aromatic N) is 2. The first-order chi connectivity index (χ1) is 6.98. The molecule has 0 amide bonds. The highest BCUT2D eigenvalue weighted by atomic mass is 32.1. The number of allylic oxidation sites excluding steroid dienone is 2. The van der Waals surface area contributed by atoms with Crippen LogP contribution in [0, 0.1) is 16.7 Å². The molecule has 1 rings (SSSR count). The molecule has 6 heteroatoms. The van der Waals surface area contributed by atoms with Crippen molar-refractivity contribution >= 4 is 17.4 Å². The Hall–Kier alpha value is -1.44. The summed E-state index contributed by atoms with van der Waals surface area (Å²) in [6.45, 7) is 0. The van der Waals surface area contributed by atoms with Gasteiger partial charge in [0.05, 0.1) is 11.2 Å². The van der Waals surface area contributed by atoms with Gasteiger partial charge in [0.2, 0.25) is 0 Å². The number of halogens is 3. The van der Waals surface area contributed by atoms with Gasteiger partial charge >= 0.3 is 6.18 Å². The van der Waals surface area contributed by atoms with Gasteiger partial charge < -0.3 is 0 Å². The van der Waals surface area contributed by atoms with Crippen LogP contribution < -0.4 is 0 Å². The summed E-state index contributed by atoms with van der Waals surface area (Å²) in [6, 6.07) is -0.107. The van der Waals surface area contributed by atoms with Crippen LogP contribution in [0.3, 0.4) is 0 Å². The molecule has 0 bridgehead atoms. The first-order valence-corrected chi connectivity index (χ1v) is 4.30. The van der Waals surface area contributed by atoms with Gasteiger partial charge in [-0.2, -0.15) is 18.4 Å². The van der Waals surface area contributed by atoms with Crippen LogP contribution in [0.15, 0.2) is 29.3 Å². The lowest BCUT2D eigenvalue weighted by atomic mass is 9.78. The zero-order chi connectivity index (χ0) is 11.5. The predicted octanol–water partition coefficient (Wildman–Crippen LogP) is 2.66. The Kier molecular flexibility index (Phi) is 3.08. The number of nitriles is 1. The van der Waals surface area contributed by atoms with Gasteiger partial charge in [-0.25, -0.2) is 4.99 Å². The molecule has 2 nitrogen and oxygen atoms in total. The maximum atomic E-state index is 12.7. The van der Waals surface area contributed by atoms with Crippen molar-refractivity contribution < 1.29 is 13.2 Å². The number of hydrogen-bond donors (Lipinski definition) is 0. The van der Waals surface area contributed by atoms with E-state index in [1.165, 1.54) is 24.3 Å². The van der Waals surface area contributed by atoms with Gasteiger partial charge in [0, 0.05) is 0 Å². The molecule has 0 saturated carbocycles. The molecule has 0 aromatic heterocycles. The quantitative estimate of drug-likeness (QED) is 0.513. The first-order valence-electron chi connectivity index (χ1n) is 3.89. The third-order valence-corrected chi connectivity index (χ3v) is 2.18. The van der Waals surface area contributed by atoms with Crippen molar-refractivity contribution in [2.45, 2.75) is 12.2 Å². The van der Waals surface area contributed by atoms with Crippen molar-refractivity contribution in [3.8, 4) is 6.07 Å².